The van der Waals surface area contributed by atoms with Crippen molar-refractivity contribution in [3.05, 3.63) is 84.7 Å². The summed E-state index contributed by atoms with van der Waals surface area (Å²) in [7, 11) is -1.26. The molecule has 1 atom stereocenters. The van der Waals surface area contributed by atoms with E-state index in [2.05, 4.69) is 9.71 Å². The lowest BCUT2D eigenvalue weighted by Crippen LogP contribution is -2.19. The van der Waals surface area contributed by atoms with Crippen molar-refractivity contribution in [2.24, 2.45) is 0 Å². The first-order valence-electron chi connectivity index (χ1n) is 10.4. The second kappa shape index (κ2) is 12.2. The molecule has 0 bridgehead atoms. The molecule has 3 rings (SSSR count). The highest BCUT2D eigenvalue weighted by Gasteiger charge is 2.10. The van der Waals surface area contributed by atoms with Crippen LogP contribution in [0.2, 0.25) is 0 Å². The van der Waals surface area contributed by atoms with Crippen molar-refractivity contribution in [3.63, 3.8) is 0 Å². The van der Waals surface area contributed by atoms with Gasteiger partial charge in [0.2, 0.25) is 0 Å². The quantitative estimate of drug-likeness (QED) is 0.414. The van der Waals surface area contributed by atoms with Crippen LogP contribution < -0.4 is 4.72 Å². The summed E-state index contributed by atoms with van der Waals surface area (Å²) in [5.74, 6) is 0.306. The number of rotatable bonds is 12. The van der Waals surface area contributed by atoms with E-state index in [1.807, 2.05) is 66.7 Å². The predicted octanol–water partition coefficient (Wildman–Crippen LogP) is 5.12. The Morgan fingerprint density at radius 1 is 0.833 bits per heavy atom. The summed E-state index contributed by atoms with van der Waals surface area (Å²) in [6.45, 7) is 0.668. The number of carbonyl (C=O) groups excluding carboxylic acids is 1. The molecule has 0 radical (unpaired) electrons. The third-order valence-electron chi connectivity index (χ3n) is 4.98. The van der Waals surface area contributed by atoms with E-state index in [1.165, 1.54) is 0 Å². The number of pyridine rings is 1. The van der Waals surface area contributed by atoms with Gasteiger partial charge in [-0.3, -0.25) is 9.78 Å². The summed E-state index contributed by atoms with van der Waals surface area (Å²) in [6, 6.07) is 21.7. The zero-order valence-corrected chi connectivity index (χ0v) is 17.9. The molecule has 5 heteroatoms. The standard InChI is InChI=1S/C25H28N2O2S/c28-23(15-14-21-16-19-26-20-17-21)11-5-2-8-18-27-30(29)25-13-7-6-12-24(25)22-9-3-1-4-10-22/h1,3-4,6-7,9-10,12-13,16-17,19-20,27H,2,5,8,11,14-15,18H2. The molecule has 0 saturated carbocycles. The minimum Gasteiger partial charge on any atom is -0.300 e. The number of aryl methyl sites for hydroxylation is 1. The first-order valence-corrected chi connectivity index (χ1v) is 11.6. The lowest BCUT2D eigenvalue weighted by atomic mass is 10.0. The SMILES string of the molecule is O=C(CCCCCNS(=O)c1ccccc1-c1ccccc1)CCc1ccncc1. The van der Waals surface area contributed by atoms with Gasteiger partial charge in [-0.15, -0.1) is 0 Å². The van der Waals surface area contributed by atoms with E-state index < -0.39 is 11.0 Å². The van der Waals surface area contributed by atoms with Crippen LogP contribution in [0.25, 0.3) is 11.1 Å². The van der Waals surface area contributed by atoms with E-state index in [0.717, 1.165) is 47.3 Å². The fraction of sp³-hybridized carbons (Fsp3) is 0.280. The topological polar surface area (TPSA) is 59.1 Å². The molecule has 1 N–H and O–H groups in total. The molecule has 2 aromatic carbocycles. The van der Waals surface area contributed by atoms with Crippen LogP contribution in [-0.4, -0.2) is 21.5 Å². The van der Waals surface area contributed by atoms with E-state index in [4.69, 9.17) is 0 Å². The molecular formula is C25H28N2O2S. The summed E-state index contributed by atoms with van der Waals surface area (Å²) in [6.07, 6.45) is 8.23. The molecule has 0 amide bonds. The Kier molecular flexibility index (Phi) is 8.94. The van der Waals surface area contributed by atoms with Gasteiger partial charge < -0.3 is 0 Å². The number of unbranched alkanes of at least 4 members (excludes halogenated alkanes) is 2. The zero-order chi connectivity index (χ0) is 21.0. The Morgan fingerprint density at radius 3 is 2.37 bits per heavy atom. The van der Waals surface area contributed by atoms with Crippen molar-refractivity contribution < 1.29 is 9.00 Å². The molecule has 1 aromatic heterocycles. The van der Waals surface area contributed by atoms with Crippen molar-refractivity contribution in [2.45, 2.75) is 43.4 Å². The number of nitrogens with zero attached hydrogens (tertiary/aromatic N) is 1. The molecule has 0 aliphatic rings. The van der Waals surface area contributed by atoms with Crippen molar-refractivity contribution in [1.82, 2.24) is 9.71 Å². The number of aromatic nitrogens is 1. The molecule has 0 saturated heterocycles. The summed E-state index contributed by atoms with van der Waals surface area (Å²) < 4.78 is 15.9. The molecule has 0 fully saturated rings. The van der Waals surface area contributed by atoms with Gasteiger partial charge in [-0.2, -0.15) is 0 Å². The van der Waals surface area contributed by atoms with Crippen LogP contribution in [0.4, 0.5) is 0 Å². The van der Waals surface area contributed by atoms with Crippen LogP contribution in [0.15, 0.2) is 84.0 Å². The Bertz CT molecular complexity index is 946. The van der Waals surface area contributed by atoms with Crippen molar-refractivity contribution >= 4 is 16.8 Å². The summed E-state index contributed by atoms with van der Waals surface area (Å²) in [5.41, 5.74) is 3.21. The van der Waals surface area contributed by atoms with Gasteiger partial charge in [0.25, 0.3) is 0 Å². The van der Waals surface area contributed by atoms with Gasteiger partial charge in [-0.25, -0.2) is 8.93 Å². The van der Waals surface area contributed by atoms with Crippen LogP contribution in [0, 0.1) is 0 Å². The average Bonchev–Trinajstić information content (AvgIpc) is 2.81. The number of hydrogen-bond donors (Lipinski definition) is 1. The van der Waals surface area contributed by atoms with Gasteiger partial charge >= 0.3 is 0 Å². The minimum absolute atomic E-state index is 0.306. The maximum absolute atomic E-state index is 12.7. The van der Waals surface area contributed by atoms with Crippen molar-refractivity contribution in [2.75, 3.05) is 6.54 Å². The van der Waals surface area contributed by atoms with Crippen LogP contribution in [0.5, 0.6) is 0 Å². The zero-order valence-electron chi connectivity index (χ0n) is 17.1. The predicted molar refractivity (Wildman–Crippen MR) is 122 cm³/mol. The smallest absolute Gasteiger partial charge is 0.133 e. The lowest BCUT2D eigenvalue weighted by molar-refractivity contribution is -0.119. The highest BCUT2D eigenvalue weighted by molar-refractivity contribution is 7.83. The van der Waals surface area contributed by atoms with Crippen LogP contribution in [-0.2, 0) is 22.2 Å². The number of carbonyl (C=O) groups is 1. The maximum atomic E-state index is 12.7. The number of hydrogen-bond acceptors (Lipinski definition) is 3. The number of Topliss-reactive ketones (excluding diaryl/α,β-unsaturated/α-hetero) is 1. The fourth-order valence-corrected chi connectivity index (χ4v) is 4.38. The van der Waals surface area contributed by atoms with Gasteiger partial charge in [0.1, 0.15) is 16.8 Å². The largest absolute Gasteiger partial charge is 0.300 e. The second-order valence-corrected chi connectivity index (χ2v) is 8.50. The molecular weight excluding hydrogens is 392 g/mol. The minimum atomic E-state index is -1.26. The average molecular weight is 421 g/mol. The van der Waals surface area contributed by atoms with E-state index in [-0.39, 0.29) is 0 Å². The molecule has 1 unspecified atom stereocenters. The van der Waals surface area contributed by atoms with Gasteiger partial charge in [-0.05, 0) is 54.2 Å². The molecule has 0 aliphatic heterocycles. The fourth-order valence-electron chi connectivity index (χ4n) is 3.31. The maximum Gasteiger partial charge on any atom is 0.133 e. The number of ketones is 1. The highest BCUT2D eigenvalue weighted by Crippen LogP contribution is 2.25. The Morgan fingerprint density at radius 2 is 1.57 bits per heavy atom. The second-order valence-electron chi connectivity index (χ2n) is 7.23. The van der Waals surface area contributed by atoms with Crippen LogP contribution in [0.3, 0.4) is 0 Å². The highest BCUT2D eigenvalue weighted by atomic mass is 32.2. The first-order chi connectivity index (χ1) is 14.7. The van der Waals surface area contributed by atoms with Gasteiger partial charge in [-0.1, -0.05) is 55.0 Å². The van der Waals surface area contributed by atoms with E-state index in [9.17, 15) is 9.00 Å². The molecule has 0 aliphatic carbocycles. The Hall–Kier alpha value is -2.63. The van der Waals surface area contributed by atoms with Crippen LogP contribution >= 0.6 is 0 Å². The summed E-state index contributed by atoms with van der Waals surface area (Å²) >= 11 is 0. The Balaban J connectivity index is 1.35. The van der Waals surface area contributed by atoms with Gasteiger partial charge in [0.15, 0.2) is 0 Å². The van der Waals surface area contributed by atoms with E-state index in [1.54, 1.807) is 12.4 Å². The van der Waals surface area contributed by atoms with E-state index in [0.29, 0.717) is 25.2 Å². The third kappa shape index (κ3) is 7.01. The number of benzene rings is 2. The van der Waals surface area contributed by atoms with Crippen LogP contribution in [0.1, 0.15) is 37.7 Å². The molecule has 30 heavy (non-hydrogen) atoms. The van der Waals surface area contributed by atoms with Crippen molar-refractivity contribution in [1.29, 1.82) is 0 Å². The summed E-state index contributed by atoms with van der Waals surface area (Å²) in [5, 5.41) is 0. The molecule has 0 spiro atoms. The molecule has 3 aromatic rings. The number of nitrogens with one attached hydrogen (secondary N) is 1. The summed E-state index contributed by atoms with van der Waals surface area (Å²) in [4.78, 5) is 16.8. The van der Waals surface area contributed by atoms with Gasteiger partial charge in [0.05, 0.1) is 4.90 Å². The monoisotopic (exact) mass is 420 g/mol. The van der Waals surface area contributed by atoms with E-state index >= 15 is 0 Å². The molecule has 4 nitrogen and oxygen atoms in total. The normalized spacial score (nSPS) is 11.9. The third-order valence-corrected chi connectivity index (χ3v) is 6.20. The lowest BCUT2D eigenvalue weighted by Gasteiger charge is -2.10. The van der Waals surface area contributed by atoms with Crippen molar-refractivity contribution in [3.8, 4) is 11.1 Å². The Labute approximate surface area is 181 Å². The first kappa shape index (κ1) is 22.1. The van der Waals surface area contributed by atoms with Gasteiger partial charge in [0, 0.05) is 31.8 Å². The molecule has 1 heterocycles. The molecule has 156 valence electrons.